The van der Waals surface area contributed by atoms with Gasteiger partial charge in [-0.2, -0.15) is 0 Å². The van der Waals surface area contributed by atoms with E-state index in [9.17, 15) is 9.50 Å². The number of rotatable bonds is 4. The molecule has 0 amide bonds. The third-order valence-corrected chi connectivity index (χ3v) is 3.85. The third-order valence-electron chi connectivity index (χ3n) is 3.85. The Kier molecular flexibility index (Phi) is 4.07. The van der Waals surface area contributed by atoms with Crippen molar-refractivity contribution in [1.82, 2.24) is 0 Å². The number of phenolic OH excluding ortho intramolecular Hbond substituents is 1. The molecule has 0 aromatic heterocycles. The van der Waals surface area contributed by atoms with E-state index in [1.807, 2.05) is 30.3 Å². The van der Waals surface area contributed by atoms with Crippen molar-refractivity contribution in [3.8, 4) is 16.9 Å². The zero-order valence-corrected chi connectivity index (χ0v) is 12.1. The predicted molar refractivity (Wildman–Crippen MR) is 86.4 cm³/mol. The normalized spacial score (nSPS) is 11.0. The number of aliphatic hydroxyl groups excluding tert-OH is 1. The summed E-state index contributed by atoms with van der Waals surface area (Å²) < 4.78 is 13.2. The van der Waals surface area contributed by atoms with E-state index >= 15 is 0 Å². The first-order valence-corrected chi connectivity index (χ1v) is 7.31. The lowest BCUT2D eigenvalue weighted by Crippen LogP contribution is -1.93. The summed E-state index contributed by atoms with van der Waals surface area (Å²) in [6.45, 7) is 0.0815. The Morgan fingerprint density at radius 1 is 0.909 bits per heavy atom. The van der Waals surface area contributed by atoms with Crippen LogP contribution in [0.25, 0.3) is 21.9 Å². The highest BCUT2D eigenvalue weighted by molar-refractivity contribution is 6.00. The Bertz CT molecular complexity index is 794. The monoisotopic (exact) mass is 296 g/mol. The molecule has 0 heterocycles. The summed E-state index contributed by atoms with van der Waals surface area (Å²) in [6, 6.07) is 15.9. The maximum Gasteiger partial charge on any atom is 0.126 e. The van der Waals surface area contributed by atoms with Crippen LogP contribution >= 0.6 is 0 Å². The number of aromatic hydroxyl groups is 1. The molecule has 0 fully saturated rings. The summed E-state index contributed by atoms with van der Waals surface area (Å²) in [7, 11) is 0. The molecule has 0 spiro atoms. The standard InChI is InChI=1S/C19H17FO2/c20-15-9-7-13(8-10-15)18-12-14(4-3-11-21)19(22)17-6-2-1-5-16(17)18/h1-2,5-10,12,21-22H,3-4,11H2. The van der Waals surface area contributed by atoms with Crippen molar-refractivity contribution < 1.29 is 14.6 Å². The topological polar surface area (TPSA) is 40.5 Å². The Hall–Kier alpha value is -2.39. The first-order chi connectivity index (χ1) is 10.7. The molecule has 0 aliphatic carbocycles. The second-order valence-corrected chi connectivity index (χ2v) is 5.31. The van der Waals surface area contributed by atoms with Gasteiger partial charge in [-0.25, -0.2) is 4.39 Å². The molecule has 0 radical (unpaired) electrons. The van der Waals surface area contributed by atoms with Crippen LogP contribution in [0, 0.1) is 5.82 Å². The van der Waals surface area contributed by atoms with Crippen LogP contribution in [-0.4, -0.2) is 16.8 Å². The van der Waals surface area contributed by atoms with Gasteiger partial charge in [-0.3, -0.25) is 0 Å². The molecule has 0 aliphatic heterocycles. The van der Waals surface area contributed by atoms with Gasteiger partial charge in [0.25, 0.3) is 0 Å². The van der Waals surface area contributed by atoms with Crippen LogP contribution in [-0.2, 0) is 6.42 Å². The van der Waals surface area contributed by atoms with Crippen LogP contribution in [0.1, 0.15) is 12.0 Å². The Morgan fingerprint density at radius 3 is 2.27 bits per heavy atom. The number of hydrogen-bond acceptors (Lipinski definition) is 2. The van der Waals surface area contributed by atoms with E-state index in [4.69, 9.17) is 5.11 Å². The molecule has 3 heteroatoms. The largest absolute Gasteiger partial charge is 0.507 e. The molecule has 0 atom stereocenters. The minimum Gasteiger partial charge on any atom is -0.507 e. The Balaban J connectivity index is 2.23. The van der Waals surface area contributed by atoms with Crippen LogP contribution in [0.3, 0.4) is 0 Å². The molecule has 0 saturated carbocycles. The average molecular weight is 296 g/mol. The maximum absolute atomic E-state index is 13.2. The highest BCUT2D eigenvalue weighted by atomic mass is 19.1. The number of aryl methyl sites for hydroxylation is 1. The van der Waals surface area contributed by atoms with Gasteiger partial charge in [0.2, 0.25) is 0 Å². The van der Waals surface area contributed by atoms with Crippen LogP contribution in [0.2, 0.25) is 0 Å². The molecule has 2 N–H and O–H groups in total. The van der Waals surface area contributed by atoms with Crippen LogP contribution in [0.5, 0.6) is 5.75 Å². The minimum absolute atomic E-state index is 0.0815. The highest BCUT2D eigenvalue weighted by Crippen LogP contribution is 2.37. The fraction of sp³-hybridized carbons (Fsp3) is 0.158. The van der Waals surface area contributed by atoms with E-state index < -0.39 is 0 Å². The maximum atomic E-state index is 13.2. The summed E-state index contributed by atoms with van der Waals surface area (Å²) in [4.78, 5) is 0. The van der Waals surface area contributed by atoms with Gasteiger partial charge < -0.3 is 10.2 Å². The van der Waals surface area contributed by atoms with Crippen molar-refractivity contribution in [2.24, 2.45) is 0 Å². The highest BCUT2D eigenvalue weighted by Gasteiger charge is 2.12. The van der Waals surface area contributed by atoms with E-state index in [1.54, 1.807) is 12.1 Å². The molecule has 3 aromatic rings. The number of fused-ring (bicyclic) bond motifs is 1. The van der Waals surface area contributed by atoms with Crippen molar-refractivity contribution in [2.45, 2.75) is 12.8 Å². The summed E-state index contributed by atoms with van der Waals surface area (Å²) in [5.41, 5.74) is 2.66. The van der Waals surface area contributed by atoms with Gasteiger partial charge in [0.1, 0.15) is 11.6 Å². The molecule has 0 saturated heterocycles. The lowest BCUT2D eigenvalue weighted by Gasteiger charge is -2.13. The first kappa shape index (κ1) is 14.5. The van der Waals surface area contributed by atoms with Crippen molar-refractivity contribution in [3.63, 3.8) is 0 Å². The van der Waals surface area contributed by atoms with Crippen LogP contribution in [0.4, 0.5) is 4.39 Å². The summed E-state index contributed by atoms with van der Waals surface area (Å²) in [5.74, 6) is -0.0118. The van der Waals surface area contributed by atoms with E-state index in [0.29, 0.717) is 12.8 Å². The van der Waals surface area contributed by atoms with Gasteiger partial charge in [0.15, 0.2) is 0 Å². The predicted octanol–water partition coefficient (Wildman–Crippen LogP) is 4.28. The second-order valence-electron chi connectivity index (χ2n) is 5.31. The molecule has 3 aromatic carbocycles. The van der Waals surface area contributed by atoms with Crippen molar-refractivity contribution in [2.75, 3.05) is 6.61 Å². The number of halogens is 1. The van der Waals surface area contributed by atoms with Crippen molar-refractivity contribution in [1.29, 1.82) is 0 Å². The third kappa shape index (κ3) is 2.68. The lowest BCUT2D eigenvalue weighted by atomic mass is 9.93. The minimum atomic E-state index is -0.271. The molecule has 22 heavy (non-hydrogen) atoms. The number of hydrogen-bond donors (Lipinski definition) is 2. The van der Waals surface area contributed by atoms with E-state index in [0.717, 1.165) is 27.5 Å². The number of aliphatic hydroxyl groups is 1. The van der Waals surface area contributed by atoms with Gasteiger partial charge in [-0.05, 0) is 53.1 Å². The quantitative estimate of drug-likeness (QED) is 0.754. The van der Waals surface area contributed by atoms with Gasteiger partial charge in [-0.15, -0.1) is 0 Å². The van der Waals surface area contributed by atoms with E-state index in [1.165, 1.54) is 12.1 Å². The van der Waals surface area contributed by atoms with Gasteiger partial charge in [-0.1, -0.05) is 36.4 Å². The van der Waals surface area contributed by atoms with Crippen molar-refractivity contribution in [3.05, 3.63) is 66.0 Å². The van der Waals surface area contributed by atoms with E-state index in [2.05, 4.69) is 0 Å². The Morgan fingerprint density at radius 2 is 1.59 bits per heavy atom. The summed E-state index contributed by atoms with van der Waals surface area (Å²) >= 11 is 0. The fourth-order valence-corrected chi connectivity index (χ4v) is 2.75. The smallest absolute Gasteiger partial charge is 0.126 e. The fourth-order valence-electron chi connectivity index (χ4n) is 2.75. The molecule has 112 valence electrons. The lowest BCUT2D eigenvalue weighted by molar-refractivity contribution is 0.288. The number of phenols is 1. The second kappa shape index (κ2) is 6.16. The molecule has 0 bridgehead atoms. The molecule has 0 unspecified atom stereocenters. The van der Waals surface area contributed by atoms with Crippen LogP contribution in [0.15, 0.2) is 54.6 Å². The molecule has 0 aliphatic rings. The van der Waals surface area contributed by atoms with Gasteiger partial charge in [0, 0.05) is 12.0 Å². The molecular formula is C19H17FO2. The van der Waals surface area contributed by atoms with Crippen molar-refractivity contribution >= 4 is 10.8 Å². The summed E-state index contributed by atoms with van der Waals surface area (Å²) in [5, 5.41) is 21.2. The zero-order valence-electron chi connectivity index (χ0n) is 12.1. The molecule has 3 rings (SSSR count). The first-order valence-electron chi connectivity index (χ1n) is 7.31. The van der Waals surface area contributed by atoms with Gasteiger partial charge >= 0.3 is 0 Å². The molecular weight excluding hydrogens is 279 g/mol. The SMILES string of the molecule is OCCCc1cc(-c2ccc(F)cc2)c2ccccc2c1O. The zero-order chi connectivity index (χ0) is 15.5. The Labute approximate surface area is 128 Å². The average Bonchev–Trinajstić information content (AvgIpc) is 2.55. The summed E-state index contributed by atoms with van der Waals surface area (Å²) in [6.07, 6.45) is 1.19. The van der Waals surface area contributed by atoms with Gasteiger partial charge in [0.05, 0.1) is 0 Å². The molecule has 2 nitrogen and oxygen atoms in total. The van der Waals surface area contributed by atoms with E-state index in [-0.39, 0.29) is 18.2 Å². The number of benzene rings is 3. The van der Waals surface area contributed by atoms with Crippen LogP contribution < -0.4 is 0 Å².